The molecule has 1 aromatic heterocycles. The fraction of sp³-hybridized carbons (Fsp3) is 0.333. The number of aryl methyl sites for hydroxylation is 1. The topological polar surface area (TPSA) is 60.3 Å². The smallest absolute Gasteiger partial charge is 0.258 e. The summed E-state index contributed by atoms with van der Waals surface area (Å²) in [6.45, 7) is 10.0. The molecule has 0 aliphatic heterocycles. The molecule has 5 nitrogen and oxygen atoms in total. The van der Waals surface area contributed by atoms with Gasteiger partial charge in [-0.3, -0.25) is 9.59 Å². The van der Waals surface area contributed by atoms with E-state index >= 15 is 0 Å². The number of carbonyl (C=O) groups is 1. The summed E-state index contributed by atoms with van der Waals surface area (Å²) in [5.74, 6) is 0.793. The van der Waals surface area contributed by atoms with Crippen molar-refractivity contribution in [1.82, 2.24) is 4.57 Å². The first-order chi connectivity index (χ1) is 13.8. The van der Waals surface area contributed by atoms with Gasteiger partial charge in [0.1, 0.15) is 12.3 Å². The molecule has 1 N–H and O–H groups in total. The number of anilines is 1. The summed E-state index contributed by atoms with van der Waals surface area (Å²) in [5.41, 5.74) is 2.73. The number of aromatic nitrogens is 1. The van der Waals surface area contributed by atoms with E-state index in [2.05, 4.69) is 19.2 Å². The molecule has 0 bridgehead atoms. The van der Waals surface area contributed by atoms with Gasteiger partial charge in [0, 0.05) is 17.3 Å². The minimum Gasteiger partial charge on any atom is -0.491 e. The van der Waals surface area contributed by atoms with Crippen molar-refractivity contribution in [1.29, 1.82) is 0 Å². The molecule has 0 fully saturated rings. The zero-order valence-electron chi connectivity index (χ0n) is 17.7. The molecule has 29 heavy (non-hydrogen) atoms. The van der Waals surface area contributed by atoms with Crippen LogP contribution in [0.4, 0.5) is 5.69 Å². The van der Waals surface area contributed by atoms with Crippen molar-refractivity contribution in [2.75, 3.05) is 5.32 Å². The van der Waals surface area contributed by atoms with Gasteiger partial charge in [0.2, 0.25) is 5.91 Å². The lowest BCUT2D eigenvalue weighted by Crippen LogP contribution is -2.27. The fourth-order valence-electron chi connectivity index (χ4n) is 3.41. The highest BCUT2D eigenvalue weighted by Gasteiger charge is 2.13. The second kappa shape index (κ2) is 8.52. The van der Waals surface area contributed by atoms with Crippen LogP contribution in [0, 0.1) is 6.92 Å². The molecule has 0 spiro atoms. The molecule has 0 aliphatic carbocycles. The first-order valence-corrected chi connectivity index (χ1v) is 9.95. The number of para-hydroxylation sites is 1. The van der Waals surface area contributed by atoms with Gasteiger partial charge in [0.15, 0.2) is 0 Å². The molecule has 0 saturated heterocycles. The van der Waals surface area contributed by atoms with Crippen molar-refractivity contribution in [3.63, 3.8) is 0 Å². The molecular weight excluding hydrogens is 364 g/mol. The van der Waals surface area contributed by atoms with Gasteiger partial charge in [-0.15, -0.1) is 0 Å². The van der Waals surface area contributed by atoms with E-state index in [1.165, 1.54) is 4.57 Å². The number of amides is 1. The van der Waals surface area contributed by atoms with Crippen LogP contribution >= 0.6 is 0 Å². The van der Waals surface area contributed by atoms with Crippen LogP contribution in [-0.4, -0.2) is 16.6 Å². The van der Waals surface area contributed by atoms with Gasteiger partial charge in [-0.1, -0.05) is 32.0 Å². The third kappa shape index (κ3) is 4.67. The molecule has 0 unspecified atom stereocenters. The van der Waals surface area contributed by atoms with E-state index in [1.54, 1.807) is 18.3 Å². The number of pyridine rings is 1. The first kappa shape index (κ1) is 20.6. The Bertz CT molecular complexity index is 1100. The molecule has 1 amide bonds. The van der Waals surface area contributed by atoms with Crippen molar-refractivity contribution in [3.05, 3.63) is 70.1 Å². The summed E-state index contributed by atoms with van der Waals surface area (Å²) in [6, 6.07) is 13.2. The van der Waals surface area contributed by atoms with Gasteiger partial charge in [-0.2, -0.15) is 0 Å². The van der Waals surface area contributed by atoms with Crippen molar-refractivity contribution >= 4 is 22.4 Å². The lowest BCUT2D eigenvalue weighted by atomic mass is 9.98. The first-order valence-electron chi connectivity index (χ1n) is 9.95. The zero-order chi connectivity index (χ0) is 21.1. The molecular formula is C24H28N2O3. The lowest BCUT2D eigenvalue weighted by Gasteiger charge is -2.17. The van der Waals surface area contributed by atoms with Crippen LogP contribution in [0.1, 0.15) is 44.7 Å². The summed E-state index contributed by atoms with van der Waals surface area (Å²) < 4.78 is 7.13. The summed E-state index contributed by atoms with van der Waals surface area (Å²) in [4.78, 5) is 25.5. The Kier molecular flexibility index (Phi) is 6.06. The molecule has 1 heterocycles. The van der Waals surface area contributed by atoms with E-state index in [4.69, 9.17) is 4.74 Å². The fourth-order valence-corrected chi connectivity index (χ4v) is 3.41. The highest BCUT2D eigenvalue weighted by molar-refractivity contribution is 5.92. The Morgan fingerprint density at radius 1 is 1.10 bits per heavy atom. The normalized spacial score (nSPS) is 11.3. The number of ether oxygens (including phenoxy) is 1. The van der Waals surface area contributed by atoms with Crippen LogP contribution in [-0.2, 0) is 11.3 Å². The third-order valence-electron chi connectivity index (χ3n) is 4.83. The highest BCUT2D eigenvalue weighted by atomic mass is 16.5. The van der Waals surface area contributed by atoms with Crippen molar-refractivity contribution in [3.8, 4) is 5.75 Å². The van der Waals surface area contributed by atoms with Crippen LogP contribution in [0.3, 0.4) is 0 Å². The van der Waals surface area contributed by atoms with Crippen LogP contribution in [0.25, 0.3) is 10.8 Å². The second-order valence-electron chi connectivity index (χ2n) is 7.91. The van der Waals surface area contributed by atoms with Crippen molar-refractivity contribution in [2.45, 2.75) is 53.2 Å². The molecule has 0 aliphatic rings. The number of nitrogens with one attached hydrogen (secondary N) is 1. The molecule has 0 saturated carbocycles. The largest absolute Gasteiger partial charge is 0.491 e. The SMILES string of the molecule is Cc1cccc(C(C)C)c1NC(=O)Cn1ccc2cc(OC(C)C)ccc2c1=O. The van der Waals surface area contributed by atoms with Crippen molar-refractivity contribution in [2.24, 2.45) is 0 Å². The molecule has 0 radical (unpaired) electrons. The molecule has 0 atom stereocenters. The van der Waals surface area contributed by atoms with E-state index in [0.29, 0.717) is 5.39 Å². The van der Waals surface area contributed by atoms with E-state index in [9.17, 15) is 9.59 Å². The number of fused-ring (bicyclic) bond motifs is 1. The Balaban J connectivity index is 1.84. The van der Waals surface area contributed by atoms with Crippen LogP contribution < -0.4 is 15.6 Å². The number of hydrogen-bond acceptors (Lipinski definition) is 3. The number of nitrogens with zero attached hydrogens (tertiary/aromatic N) is 1. The Labute approximate surface area is 171 Å². The minimum atomic E-state index is -0.220. The Hall–Kier alpha value is -3.08. The van der Waals surface area contributed by atoms with Crippen LogP contribution in [0.15, 0.2) is 53.5 Å². The predicted molar refractivity (Wildman–Crippen MR) is 118 cm³/mol. The quantitative estimate of drug-likeness (QED) is 0.652. The maximum Gasteiger partial charge on any atom is 0.258 e. The van der Waals surface area contributed by atoms with Gasteiger partial charge in [0.25, 0.3) is 5.56 Å². The monoisotopic (exact) mass is 392 g/mol. The number of benzene rings is 2. The van der Waals surface area contributed by atoms with E-state index < -0.39 is 0 Å². The van der Waals surface area contributed by atoms with E-state index in [-0.39, 0.29) is 30.0 Å². The number of rotatable bonds is 6. The summed E-state index contributed by atoms with van der Waals surface area (Å²) in [7, 11) is 0. The highest BCUT2D eigenvalue weighted by Crippen LogP contribution is 2.27. The average Bonchev–Trinajstić information content (AvgIpc) is 2.65. The van der Waals surface area contributed by atoms with Crippen LogP contribution in [0.2, 0.25) is 0 Å². The zero-order valence-corrected chi connectivity index (χ0v) is 17.7. The molecule has 2 aromatic carbocycles. The maximum atomic E-state index is 12.8. The van der Waals surface area contributed by atoms with Gasteiger partial charge < -0.3 is 14.6 Å². The number of carbonyl (C=O) groups excluding carboxylic acids is 1. The standard InChI is InChI=1S/C24H28N2O3/c1-15(2)20-8-6-7-17(5)23(20)25-22(27)14-26-12-11-18-13-19(29-16(3)4)9-10-21(18)24(26)28/h6-13,15-16H,14H2,1-5H3,(H,25,27). The minimum absolute atomic E-state index is 0.0368. The van der Waals surface area contributed by atoms with E-state index in [1.807, 2.05) is 51.1 Å². The molecule has 152 valence electrons. The van der Waals surface area contributed by atoms with Crippen molar-refractivity contribution < 1.29 is 9.53 Å². The lowest BCUT2D eigenvalue weighted by molar-refractivity contribution is -0.116. The van der Waals surface area contributed by atoms with Gasteiger partial charge in [-0.05, 0) is 67.5 Å². The predicted octanol–water partition coefficient (Wildman–Crippen LogP) is 4.86. The van der Waals surface area contributed by atoms with Gasteiger partial charge in [0.05, 0.1) is 6.10 Å². The Morgan fingerprint density at radius 3 is 2.55 bits per heavy atom. The third-order valence-corrected chi connectivity index (χ3v) is 4.83. The Morgan fingerprint density at radius 2 is 1.86 bits per heavy atom. The maximum absolute atomic E-state index is 12.8. The number of hydrogen-bond donors (Lipinski definition) is 1. The average molecular weight is 392 g/mol. The van der Waals surface area contributed by atoms with E-state index in [0.717, 1.165) is 28.0 Å². The summed E-state index contributed by atoms with van der Waals surface area (Å²) in [6.07, 6.45) is 1.72. The second-order valence-corrected chi connectivity index (χ2v) is 7.91. The van der Waals surface area contributed by atoms with Gasteiger partial charge >= 0.3 is 0 Å². The molecule has 5 heteroatoms. The van der Waals surface area contributed by atoms with Crippen LogP contribution in [0.5, 0.6) is 5.75 Å². The summed E-state index contributed by atoms with van der Waals surface area (Å²) in [5, 5.41) is 4.36. The molecule has 3 rings (SSSR count). The molecule has 3 aromatic rings. The van der Waals surface area contributed by atoms with Gasteiger partial charge in [-0.25, -0.2) is 0 Å². The summed E-state index contributed by atoms with van der Waals surface area (Å²) >= 11 is 0.